The minimum atomic E-state index is -0.748. The summed E-state index contributed by atoms with van der Waals surface area (Å²) in [5.41, 5.74) is 2.22. The topological polar surface area (TPSA) is 62.1 Å². The molecule has 146 valence electrons. The number of carbonyl (C=O) groups is 1. The first kappa shape index (κ1) is 18.7. The first-order chi connectivity index (χ1) is 13.7. The molecule has 3 aromatic rings. The summed E-state index contributed by atoms with van der Waals surface area (Å²) >= 11 is 1.50. The van der Waals surface area contributed by atoms with Crippen molar-refractivity contribution in [1.82, 2.24) is 4.57 Å². The number of hydrogen-bond donors (Lipinski definition) is 0. The Morgan fingerprint density at radius 2 is 2.11 bits per heavy atom. The van der Waals surface area contributed by atoms with Crippen LogP contribution >= 0.6 is 11.3 Å². The normalized spacial score (nSPS) is 16.5. The second kappa shape index (κ2) is 8.16. The van der Waals surface area contributed by atoms with Gasteiger partial charge in [-0.15, -0.1) is 0 Å². The van der Waals surface area contributed by atoms with Gasteiger partial charge in [-0.2, -0.15) is 4.99 Å². The lowest BCUT2D eigenvalue weighted by Gasteiger charge is -2.23. The largest absolute Gasteiger partial charge is 0.485 e. The maximum absolute atomic E-state index is 12.8. The molecular formula is C21H22N2O4S. The van der Waals surface area contributed by atoms with E-state index in [-0.39, 0.29) is 12.5 Å². The van der Waals surface area contributed by atoms with Gasteiger partial charge in [0.05, 0.1) is 16.8 Å². The molecule has 0 bridgehead atoms. The van der Waals surface area contributed by atoms with Crippen molar-refractivity contribution in [3.63, 3.8) is 0 Å². The average molecular weight is 398 g/mol. The molecule has 0 N–H and O–H groups in total. The summed E-state index contributed by atoms with van der Waals surface area (Å²) in [5.74, 6) is 0.872. The molecule has 2 heterocycles. The zero-order chi connectivity index (χ0) is 19.5. The monoisotopic (exact) mass is 398 g/mol. The van der Waals surface area contributed by atoms with Crippen LogP contribution in [0.25, 0.3) is 10.2 Å². The van der Waals surface area contributed by atoms with Crippen molar-refractivity contribution in [2.75, 3.05) is 19.8 Å². The van der Waals surface area contributed by atoms with E-state index in [1.165, 1.54) is 16.9 Å². The maximum atomic E-state index is 12.8. The summed E-state index contributed by atoms with van der Waals surface area (Å²) in [7, 11) is 0. The first-order valence-electron chi connectivity index (χ1n) is 9.30. The third-order valence-corrected chi connectivity index (χ3v) is 5.53. The molecule has 0 saturated heterocycles. The summed E-state index contributed by atoms with van der Waals surface area (Å²) < 4.78 is 20.1. The molecule has 28 heavy (non-hydrogen) atoms. The number of benzene rings is 2. The molecule has 7 heteroatoms. The highest BCUT2D eigenvalue weighted by Crippen LogP contribution is 2.31. The number of amides is 1. The van der Waals surface area contributed by atoms with Crippen molar-refractivity contribution >= 4 is 27.5 Å². The number of nitrogens with zero attached hydrogens (tertiary/aromatic N) is 2. The fraction of sp³-hybridized carbons (Fsp3) is 0.333. The number of carbonyl (C=O) groups excluding carboxylic acids is 1. The van der Waals surface area contributed by atoms with Gasteiger partial charge in [-0.1, -0.05) is 29.5 Å². The maximum Gasteiger partial charge on any atom is 0.292 e. The molecule has 1 aliphatic rings. The van der Waals surface area contributed by atoms with E-state index < -0.39 is 6.10 Å². The lowest BCUT2D eigenvalue weighted by Crippen LogP contribution is -2.37. The summed E-state index contributed by atoms with van der Waals surface area (Å²) in [6.07, 6.45) is -0.748. The molecule has 0 spiro atoms. The Morgan fingerprint density at radius 1 is 1.29 bits per heavy atom. The van der Waals surface area contributed by atoms with Crippen molar-refractivity contribution in [2.24, 2.45) is 4.99 Å². The third kappa shape index (κ3) is 3.81. The van der Waals surface area contributed by atoms with Crippen LogP contribution in [0.1, 0.15) is 12.5 Å². The Morgan fingerprint density at radius 3 is 2.93 bits per heavy atom. The second-order valence-electron chi connectivity index (χ2n) is 6.52. The van der Waals surface area contributed by atoms with Crippen LogP contribution in [-0.4, -0.2) is 36.4 Å². The quantitative estimate of drug-likeness (QED) is 0.619. The number of aryl methyl sites for hydroxylation is 1. The molecule has 4 rings (SSSR count). The van der Waals surface area contributed by atoms with Gasteiger partial charge >= 0.3 is 0 Å². The van der Waals surface area contributed by atoms with E-state index in [9.17, 15) is 4.79 Å². The molecule has 2 aromatic carbocycles. The van der Waals surface area contributed by atoms with E-state index in [2.05, 4.69) is 30.1 Å². The Kier molecular flexibility index (Phi) is 5.45. The minimum absolute atomic E-state index is 0.155. The van der Waals surface area contributed by atoms with Gasteiger partial charge in [-0.3, -0.25) is 4.79 Å². The SMILES string of the molecule is CCOCCn1c(=NC(=O)[C@@H]2COc3ccccc3O2)sc2cc(C)ccc21. The molecule has 6 nitrogen and oxygen atoms in total. The van der Waals surface area contributed by atoms with Crippen LogP contribution in [0.5, 0.6) is 11.5 Å². The zero-order valence-corrected chi connectivity index (χ0v) is 16.7. The minimum Gasteiger partial charge on any atom is -0.485 e. The van der Waals surface area contributed by atoms with Gasteiger partial charge in [-0.25, -0.2) is 0 Å². The van der Waals surface area contributed by atoms with E-state index >= 15 is 0 Å². The van der Waals surface area contributed by atoms with Crippen molar-refractivity contribution in [1.29, 1.82) is 0 Å². The predicted molar refractivity (Wildman–Crippen MR) is 108 cm³/mol. The highest BCUT2D eigenvalue weighted by molar-refractivity contribution is 7.16. The Hall–Kier alpha value is -2.64. The van der Waals surface area contributed by atoms with Gasteiger partial charge in [0.25, 0.3) is 5.91 Å². The van der Waals surface area contributed by atoms with Gasteiger partial charge in [0.1, 0.15) is 6.61 Å². The van der Waals surface area contributed by atoms with Crippen LogP contribution in [0, 0.1) is 6.92 Å². The molecular weight excluding hydrogens is 376 g/mol. The van der Waals surface area contributed by atoms with Gasteiger partial charge in [0.2, 0.25) is 6.10 Å². The number of hydrogen-bond acceptors (Lipinski definition) is 5. The van der Waals surface area contributed by atoms with Crippen molar-refractivity contribution < 1.29 is 19.0 Å². The standard InChI is InChI=1S/C21H22N2O4S/c1-3-25-11-10-23-15-9-8-14(2)12-19(15)28-21(23)22-20(24)18-13-26-16-6-4-5-7-17(16)27-18/h4-9,12,18H,3,10-11,13H2,1-2H3/t18-/m0/s1. The Balaban J connectivity index is 1.66. The van der Waals surface area contributed by atoms with Gasteiger partial charge in [-0.05, 0) is 43.7 Å². The summed E-state index contributed by atoms with van der Waals surface area (Å²) in [6.45, 7) is 6.02. The van der Waals surface area contributed by atoms with Gasteiger partial charge < -0.3 is 18.8 Å². The number of thiazole rings is 1. The molecule has 1 atom stereocenters. The predicted octanol–water partition coefficient (Wildman–Crippen LogP) is 3.32. The number of rotatable bonds is 5. The summed E-state index contributed by atoms with van der Waals surface area (Å²) in [5, 5.41) is 0. The second-order valence-corrected chi connectivity index (χ2v) is 7.53. The fourth-order valence-corrected chi connectivity index (χ4v) is 4.25. The van der Waals surface area contributed by atoms with Crippen LogP contribution in [0.2, 0.25) is 0 Å². The van der Waals surface area contributed by atoms with Crippen LogP contribution in [-0.2, 0) is 16.1 Å². The highest BCUT2D eigenvalue weighted by Gasteiger charge is 2.27. The molecule has 0 aliphatic carbocycles. The van der Waals surface area contributed by atoms with E-state index in [0.29, 0.717) is 36.1 Å². The Labute approximate surface area is 167 Å². The summed E-state index contributed by atoms with van der Waals surface area (Å²) in [4.78, 5) is 17.8. The van der Waals surface area contributed by atoms with Gasteiger partial charge in [0.15, 0.2) is 16.3 Å². The molecule has 1 aliphatic heterocycles. The number of fused-ring (bicyclic) bond motifs is 2. The molecule has 0 saturated carbocycles. The Bertz CT molecular complexity index is 1070. The van der Waals surface area contributed by atoms with Crippen LogP contribution < -0.4 is 14.3 Å². The lowest BCUT2D eigenvalue weighted by molar-refractivity contribution is -0.127. The van der Waals surface area contributed by atoms with E-state index in [0.717, 1.165) is 10.2 Å². The van der Waals surface area contributed by atoms with Crippen LogP contribution in [0.3, 0.4) is 0 Å². The number of ether oxygens (including phenoxy) is 3. The van der Waals surface area contributed by atoms with Gasteiger partial charge in [0, 0.05) is 13.2 Å². The van der Waals surface area contributed by atoms with E-state index in [4.69, 9.17) is 14.2 Å². The zero-order valence-electron chi connectivity index (χ0n) is 15.9. The van der Waals surface area contributed by atoms with Crippen molar-refractivity contribution in [3.8, 4) is 11.5 Å². The highest BCUT2D eigenvalue weighted by atomic mass is 32.1. The van der Waals surface area contributed by atoms with Crippen molar-refractivity contribution in [3.05, 3.63) is 52.8 Å². The molecule has 0 fully saturated rings. The number of para-hydroxylation sites is 2. The molecule has 0 unspecified atom stereocenters. The third-order valence-electron chi connectivity index (χ3n) is 4.49. The van der Waals surface area contributed by atoms with E-state index in [1.807, 2.05) is 29.7 Å². The smallest absolute Gasteiger partial charge is 0.292 e. The molecule has 1 amide bonds. The van der Waals surface area contributed by atoms with Crippen molar-refractivity contribution in [2.45, 2.75) is 26.5 Å². The van der Waals surface area contributed by atoms with Crippen LogP contribution in [0.4, 0.5) is 0 Å². The van der Waals surface area contributed by atoms with E-state index in [1.54, 1.807) is 6.07 Å². The fourth-order valence-electron chi connectivity index (χ4n) is 3.09. The van der Waals surface area contributed by atoms with Crippen LogP contribution in [0.15, 0.2) is 47.5 Å². The molecule has 1 aromatic heterocycles. The summed E-state index contributed by atoms with van der Waals surface area (Å²) in [6, 6.07) is 13.6. The average Bonchev–Trinajstić information content (AvgIpc) is 3.04. The lowest BCUT2D eigenvalue weighted by atomic mass is 10.2. The number of aromatic nitrogens is 1. The first-order valence-corrected chi connectivity index (χ1v) is 10.1. The molecule has 0 radical (unpaired) electrons.